The van der Waals surface area contributed by atoms with Gasteiger partial charge in [-0.1, -0.05) is 13.0 Å². The number of amides is 1. The fourth-order valence-corrected chi connectivity index (χ4v) is 3.08. The molecule has 0 aliphatic carbocycles. The van der Waals surface area contributed by atoms with Crippen molar-refractivity contribution in [3.05, 3.63) is 45.3 Å². The number of nitrogens with one attached hydrogen (secondary N) is 1. The number of rotatable bonds is 6. The van der Waals surface area contributed by atoms with Gasteiger partial charge < -0.3 is 15.3 Å². The van der Waals surface area contributed by atoms with E-state index in [0.29, 0.717) is 17.0 Å². The number of thiophene rings is 1. The summed E-state index contributed by atoms with van der Waals surface area (Å²) in [4.78, 5) is 30.4. The Labute approximate surface area is 145 Å². The Morgan fingerprint density at radius 1 is 1.38 bits per heavy atom. The van der Waals surface area contributed by atoms with Crippen molar-refractivity contribution >= 4 is 29.0 Å². The normalized spacial score (nSPS) is 11.8. The minimum absolute atomic E-state index is 0.107. The number of carbonyl (C=O) groups excluding carboxylic acids is 1. The van der Waals surface area contributed by atoms with E-state index >= 15 is 0 Å². The summed E-state index contributed by atoms with van der Waals surface area (Å²) in [5, 5.41) is 11.9. The van der Waals surface area contributed by atoms with Crippen LogP contribution in [0.1, 0.15) is 43.3 Å². The third kappa shape index (κ3) is 4.11. The van der Waals surface area contributed by atoms with Crippen LogP contribution in [0.5, 0.6) is 0 Å². The van der Waals surface area contributed by atoms with Gasteiger partial charge in [0.15, 0.2) is 0 Å². The van der Waals surface area contributed by atoms with E-state index in [2.05, 4.69) is 10.3 Å². The maximum absolute atomic E-state index is 12.3. The van der Waals surface area contributed by atoms with Crippen LogP contribution >= 0.6 is 11.3 Å². The molecule has 128 valence electrons. The Balaban J connectivity index is 1.99. The van der Waals surface area contributed by atoms with Crippen LogP contribution in [0.4, 0.5) is 5.82 Å². The van der Waals surface area contributed by atoms with Gasteiger partial charge in [-0.3, -0.25) is 4.79 Å². The third-order valence-electron chi connectivity index (χ3n) is 3.74. The first kappa shape index (κ1) is 17.9. The fourth-order valence-electron chi connectivity index (χ4n) is 2.23. The van der Waals surface area contributed by atoms with E-state index in [9.17, 15) is 9.59 Å². The lowest BCUT2D eigenvalue weighted by Crippen LogP contribution is -2.27. The number of hydrogen-bond acceptors (Lipinski definition) is 5. The molecule has 2 heterocycles. The average molecular weight is 347 g/mol. The average Bonchev–Trinajstić information content (AvgIpc) is 2.94. The zero-order valence-electron chi connectivity index (χ0n) is 14.2. The molecule has 2 aromatic rings. The number of pyridine rings is 1. The van der Waals surface area contributed by atoms with Crippen molar-refractivity contribution in [2.45, 2.75) is 19.8 Å². The number of hydrogen-bond donors (Lipinski definition) is 2. The Hall–Kier alpha value is -2.41. The summed E-state index contributed by atoms with van der Waals surface area (Å²) in [6.07, 6.45) is 1.81. The standard InChI is InChI=1S/C17H21N3O3S/c1-10(12-5-6-15(18-9-12)20(3)4)8-19-16(21)13-7-14(17(22)23)24-11(13)2/h5-7,9-10H,8H2,1-4H3,(H,19,21)(H,22,23). The third-order valence-corrected chi connectivity index (χ3v) is 4.78. The first-order valence-corrected chi connectivity index (χ1v) is 8.36. The monoisotopic (exact) mass is 347 g/mol. The van der Waals surface area contributed by atoms with Gasteiger partial charge in [0, 0.05) is 31.7 Å². The highest BCUT2D eigenvalue weighted by Crippen LogP contribution is 2.22. The molecule has 0 saturated heterocycles. The molecule has 0 fully saturated rings. The fraction of sp³-hybridized carbons (Fsp3) is 0.353. The Morgan fingerprint density at radius 2 is 2.08 bits per heavy atom. The summed E-state index contributed by atoms with van der Waals surface area (Å²) in [6.45, 7) is 4.22. The van der Waals surface area contributed by atoms with E-state index in [0.717, 1.165) is 22.7 Å². The van der Waals surface area contributed by atoms with Crippen molar-refractivity contribution in [1.29, 1.82) is 0 Å². The van der Waals surface area contributed by atoms with Gasteiger partial charge in [-0.25, -0.2) is 9.78 Å². The van der Waals surface area contributed by atoms with E-state index in [1.54, 1.807) is 6.92 Å². The van der Waals surface area contributed by atoms with Crippen molar-refractivity contribution in [1.82, 2.24) is 10.3 Å². The summed E-state index contributed by atoms with van der Waals surface area (Å²) in [6, 6.07) is 5.36. The van der Waals surface area contributed by atoms with Crippen LogP contribution in [-0.4, -0.2) is 42.6 Å². The van der Waals surface area contributed by atoms with Gasteiger partial charge in [-0.15, -0.1) is 11.3 Å². The maximum atomic E-state index is 12.3. The van der Waals surface area contributed by atoms with Crippen LogP contribution in [-0.2, 0) is 0 Å². The minimum atomic E-state index is -1.01. The molecule has 0 aliphatic rings. The highest BCUT2D eigenvalue weighted by molar-refractivity contribution is 7.14. The van der Waals surface area contributed by atoms with Crippen LogP contribution in [0.2, 0.25) is 0 Å². The molecule has 7 heteroatoms. The SMILES string of the molecule is Cc1sc(C(=O)O)cc1C(=O)NCC(C)c1ccc(N(C)C)nc1. The van der Waals surface area contributed by atoms with Crippen LogP contribution in [0.15, 0.2) is 24.4 Å². The summed E-state index contributed by atoms with van der Waals surface area (Å²) in [7, 11) is 3.86. The first-order chi connectivity index (χ1) is 11.3. The molecule has 1 atom stereocenters. The van der Waals surface area contributed by atoms with E-state index in [4.69, 9.17) is 5.11 Å². The lowest BCUT2D eigenvalue weighted by Gasteiger charge is -2.15. The number of carboxylic acid groups (broad SMARTS) is 1. The van der Waals surface area contributed by atoms with Crippen molar-refractivity contribution in [3.8, 4) is 0 Å². The van der Waals surface area contributed by atoms with E-state index in [1.807, 2.05) is 44.2 Å². The molecule has 6 nitrogen and oxygen atoms in total. The zero-order valence-corrected chi connectivity index (χ0v) is 15.0. The molecule has 0 radical (unpaired) electrons. The van der Waals surface area contributed by atoms with Gasteiger partial charge in [0.25, 0.3) is 5.91 Å². The second-order valence-corrected chi connectivity index (χ2v) is 7.10. The van der Waals surface area contributed by atoms with Gasteiger partial charge >= 0.3 is 5.97 Å². The Bertz CT molecular complexity index is 738. The Kier molecular flexibility index (Phi) is 5.56. The highest BCUT2D eigenvalue weighted by Gasteiger charge is 2.17. The molecule has 2 aromatic heterocycles. The van der Waals surface area contributed by atoms with Gasteiger partial charge in [0.05, 0.1) is 5.56 Å². The van der Waals surface area contributed by atoms with Gasteiger partial charge in [0.1, 0.15) is 10.7 Å². The predicted octanol–water partition coefficient (Wildman–Crippen LogP) is 2.75. The second-order valence-electron chi connectivity index (χ2n) is 5.84. The zero-order chi connectivity index (χ0) is 17.9. The quantitative estimate of drug-likeness (QED) is 0.839. The summed E-state index contributed by atoms with van der Waals surface area (Å²) < 4.78 is 0. The molecular formula is C17H21N3O3S. The van der Waals surface area contributed by atoms with E-state index in [-0.39, 0.29) is 16.7 Å². The van der Waals surface area contributed by atoms with Crippen LogP contribution < -0.4 is 10.2 Å². The van der Waals surface area contributed by atoms with Crippen LogP contribution in [0.25, 0.3) is 0 Å². The largest absolute Gasteiger partial charge is 0.477 e. The number of nitrogens with zero attached hydrogens (tertiary/aromatic N) is 2. The molecule has 2 N–H and O–H groups in total. The highest BCUT2D eigenvalue weighted by atomic mass is 32.1. The van der Waals surface area contributed by atoms with E-state index in [1.165, 1.54) is 6.07 Å². The van der Waals surface area contributed by atoms with Crippen LogP contribution in [0, 0.1) is 6.92 Å². The number of anilines is 1. The van der Waals surface area contributed by atoms with Crippen LogP contribution in [0.3, 0.4) is 0 Å². The molecule has 0 bridgehead atoms. The predicted molar refractivity (Wildman–Crippen MR) is 95.3 cm³/mol. The molecule has 24 heavy (non-hydrogen) atoms. The van der Waals surface area contributed by atoms with Crippen molar-refractivity contribution < 1.29 is 14.7 Å². The maximum Gasteiger partial charge on any atom is 0.345 e. The number of carbonyl (C=O) groups is 2. The first-order valence-electron chi connectivity index (χ1n) is 7.54. The molecule has 2 rings (SSSR count). The smallest absolute Gasteiger partial charge is 0.345 e. The summed E-state index contributed by atoms with van der Waals surface area (Å²) in [5.41, 5.74) is 1.46. The molecule has 1 unspecified atom stereocenters. The molecule has 1 amide bonds. The van der Waals surface area contributed by atoms with E-state index < -0.39 is 5.97 Å². The van der Waals surface area contributed by atoms with Gasteiger partial charge in [0.2, 0.25) is 0 Å². The summed E-state index contributed by atoms with van der Waals surface area (Å²) >= 11 is 1.11. The number of aromatic carboxylic acids is 1. The van der Waals surface area contributed by atoms with Crippen molar-refractivity contribution in [3.63, 3.8) is 0 Å². The van der Waals surface area contributed by atoms with Crippen molar-refractivity contribution in [2.24, 2.45) is 0 Å². The molecule has 0 aromatic carbocycles. The molecule has 0 spiro atoms. The molecular weight excluding hydrogens is 326 g/mol. The molecule has 0 aliphatic heterocycles. The lowest BCUT2D eigenvalue weighted by atomic mass is 10.0. The van der Waals surface area contributed by atoms with Gasteiger partial charge in [-0.05, 0) is 30.5 Å². The summed E-state index contributed by atoms with van der Waals surface area (Å²) in [5.74, 6) is -0.274. The minimum Gasteiger partial charge on any atom is -0.477 e. The molecule has 0 saturated carbocycles. The Morgan fingerprint density at radius 3 is 2.58 bits per heavy atom. The lowest BCUT2D eigenvalue weighted by molar-refractivity contribution is 0.0702. The van der Waals surface area contributed by atoms with Gasteiger partial charge in [-0.2, -0.15) is 0 Å². The number of aromatic nitrogens is 1. The topological polar surface area (TPSA) is 82.5 Å². The van der Waals surface area contributed by atoms with Crippen molar-refractivity contribution in [2.75, 3.05) is 25.5 Å². The number of aryl methyl sites for hydroxylation is 1. The second kappa shape index (κ2) is 7.44. The number of carboxylic acids is 1.